The minimum Gasteiger partial charge on any atom is -0.352 e. The van der Waals surface area contributed by atoms with Crippen LogP contribution in [0, 0.1) is 6.92 Å². The summed E-state index contributed by atoms with van der Waals surface area (Å²) in [7, 11) is 0. The normalized spacial score (nSPS) is 16.0. The van der Waals surface area contributed by atoms with Gasteiger partial charge in [0.2, 0.25) is 5.13 Å². The summed E-state index contributed by atoms with van der Waals surface area (Å²) in [6.07, 6.45) is 1.68. The maximum absolute atomic E-state index is 4.56. The first-order valence-electron chi connectivity index (χ1n) is 8.47. The predicted octanol–water partition coefficient (Wildman–Crippen LogP) is 3.48. The molecule has 0 aromatic carbocycles. The van der Waals surface area contributed by atoms with Crippen LogP contribution in [0.1, 0.15) is 30.7 Å². The number of fused-ring (bicyclic) bond motifs is 1. The van der Waals surface area contributed by atoms with Gasteiger partial charge in [-0.15, -0.1) is 21.5 Å². The molecule has 6 nitrogen and oxygen atoms in total. The highest BCUT2D eigenvalue weighted by molar-refractivity contribution is 7.18. The average molecular weight is 375 g/mol. The van der Waals surface area contributed by atoms with E-state index in [0.717, 1.165) is 47.0 Å². The number of nitrogens with zero attached hydrogens (tertiary/aromatic N) is 6. The standard InChI is InChI=1S/C17H22N6S2/c1-11-9-12-13(18-10-19-14(12)24-11)22-5-7-23(8-6-22)16-21-20-15(25-16)17(2,3)4/h9-10H,5-8H2,1-4H3. The number of rotatable bonds is 2. The molecule has 4 rings (SSSR count). The van der Waals surface area contributed by atoms with Crippen LogP contribution in [0.25, 0.3) is 10.2 Å². The highest BCUT2D eigenvalue weighted by atomic mass is 32.1. The van der Waals surface area contributed by atoms with Gasteiger partial charge in [0, 0.05) is 36.5 Å². The molecular formula is C17H22N6S2. The van der Waals surface area contributed by atoms with Gasteiger partial charge in [-0.05, 0) is 13.0 Å². The molecular weight excluding hydrogens is 352 g/mol. The van der Waals surface area contributed by atoms with Crippen molar-refractivity contribution < 1.29 is 0 Å². The Balaban J connectivity index is 1.50. The van der Waals surface area contributed by atoms with Crippen molar-refractivity contribution in [3.05, 3.63) is 22.3 Å². The molecule has 0 bridgehead atoms. The molecule has 4 heterocycles. The third-order valence-electron chi connectivity index (χ3n) is 4.34. The zero-order valence-electron chi connectivity index (χ0n) is 15.0. The van der Waals surface area contributed by atoms with Gasteiger partial charge in [0.05, 0.1) is 5.39 Å². The number of thiophene rings is 1. The van der Waals surface area contributed by atoms with Gasteiger partial charge in [-0.3, -0.25) is 0 Å². The Kier molecular flexibility index (Phi) is 4.11. The molecule has 0 spiro atoms. The molecule has 3 aromatic heterocycles. The van der Waals surface area contributed by atoms with E-state index in [0.29, 0.717) is 0 Å². The predicted molar refractivity (Wildman–Crippen MR) is 105 cm³/mol. The van der Waals surface area contributed by atoms with Gasteiger partial charge in [-0.1, -0.05) is 32.1 Å². The average Bonchev–Trinajstić information content (AvgIpc) is 3.20. The second kappa shape index (κ2) is 6.17. The monoisotopic (exact) mass is 374 g/mol. The van der Waals surface area contributed by atoms with Crippen LogP contribution in [-0.4, -0.2) is 46.3 Å². The quantitative estimate of drug-likeness (QED) is 0.684. The van der Waals surface area contributed by atoms with E-state index in [1.165, 1.54) is 10.3 Å². The van der Waals surface area contributed by atoms with E-state index in [1.807, 2.05) is 0 Å². The maximum atomic E-state index is 4.56. The molecule has 0 amide bonds. The van der Waals surface area contributed by atoms with E-state index < -0.39 is 0 Å². The van der Waals surface area contributed by atoms with Crippen molar-refractivity contribution in [3.8, 4) is 0 Å². The summed E-state index contributed by atoms with van der Waals surface area (Å²) in [6, 6.07) is 2.20. The Morgan fingerprint density at radius 2 is 1.68 bits per heavy atom. The Labute approximate surface area is 155 Å². The van der Waals surface area contributed by atoms with Crippen molar-refractivity contribution in [1.29, 1.82) is 0 Å². The van der Waals surface area contributed by atoms with E-state index in [4.69, 9.17) is 0 Å². The zero-order valence-corrected chi connectivity index (χ0v) is 16.6. The smallest absolute Gasteiger partial charge is 0.208 e. The Morgan fingerprint density at radius 3 is 2.36 bits per heavy atom. The fraction of sp³-hybridized carbons (Fsp3) is 0.529. The molecule has 0 unspecified atom stereocenters. The first-order chi connectivity index (χ1) is 11.9. The molecule has 8 heteroatoms. The van der Waals surface area contributed by atoms with Gasteiger partial charge >= 0.3 is 0 Å². The summed E-state index contributed by atoms with van der Waals surface area (Å²) in [4.78, 5) is 16.0. The number of hydrogen-bond acceptors (Lipinski definition) is 8. The minimum absolute atomic E-state index is 0.0567. The third kappa shape index (κ3) is 3.20. The molecule has 25 heavy (non-hydrogen) atoms. The number of anilines is 2. The minimum atomic E-state index is 0.0567. The fourth-order valence-corrected chi connectivity index (χ4v) is 4.77. The van der Waals surface area contributed by atoms with Gasteiger partial charge in [-0.25, -0.2) is 9.97 Å². The molecule has 0 N–H and O–H groups in total. The summed E-state index contributed by atoms with van der Waals surface area (Å²) < 4.78 is 0. The van der Waals surface area contributed by atoms with Crippen LogP contribution in [-0.2, 0) is 5.41 Å². The van der Waals surface area contributed by atoms with Gasteiger partial charge in [0.15, 0.2) is 0 Å². The van der Waals surface area contributed by atoms with Crippen molar-refractivity contribution >= 4 is 43.8 Å². The molecule has 1 aliphatic rings. The highest BCUT2D eigenvalue weighted by Gasteiger charge is 2.25. The van der Waals surface area contributed by atoms with Crippen LogP contribution >= 0.6 is 22.7 Å². The number of aromatic nitrogens is 4. The second-order valence-electron chi connectivity index (χ2n) is 7.39. The zero-order chi connectivity index (χ0) is 17.6. The summed E-state index contributed by atoms with van der Waals surface area (Å²) in [6.45, 7) is 12.4. The topological polar surface area (TPSA) is 58.0 Å². The molecule has 0 saturated carbocycles. The van der Waals surface area contributed by atoms with Crippen LogP contribution < -0.4 is 9.80 Å². The van der Waals surface area contributed by atoms with E-state index in [9.17, 15) is 0 Å². The summed E-state index contributed by atoms with van der Waals surface area (Å²) in [5.74, 6) is 1.06. The first-order valence-corrected chi connectivity index (χ1v) is 10.1. The van der Waals surface area contributed by atoms with Crippen molar-refractivity contribution in [2.24, 2.45) is 0 Å². The van der Waals surface area contributed by atoms with E-state index in [2.05, 4.69) is 63.7 Å². The fourth-order valence-electron chi connectivity index (χ4n) is 2.97. The molecule has 1 fully saturated rings. The number of aryl methyl sites for hydroxylation is 1. The lowest BCUT2D eigenvalue weighted by Crippen LogP contribution is -2.46. The number of hydrogen-bond donors (Lipinski definition) is 0. The van der Waals surface area contributed by atoms with Gasteiger partial charge in [0.25, 0.3) is 0 Å². The van der Waals surface area contributed by atoms with Crippen LogP contribution in [0.5, 0.6) is 0 Å². The van der Waals surface area contributed by atoms with Crippen LogP contribution in [0.2, 0.25) is 0 Å². The second-order valence-corrected chi connectivity index (χ2v) is 9.58. The Hall–Kier alpha value is -1.80. The number of piperazine rings is 1. The lowest BCUT2D eigenvalue weighted by atomic mass is 9.98. The third-order valence-corrected chi connectivity index (χ3v) is 6.71. The van der Waals surface area contributed by atoms with E-state index in [-0.39, 0.29) is 5.41 Å². The molecule has 0 atom stereocenters. The van der Waals surface area contributed by atoms with Crippen LogP contribution in [0.3, 0.4) is 0 Å². The summed E-state index contributed by atoms with van der Waals surface area (Å²) >= 11 is 3.44. The summed E-state index contributed by atoms with van der Waals surface area (Å²) in [5, 5.41) is 12.1. The van der Waals surface area contributed by atoms with Crippen molar-refractivity contribution in [3.63, 3.8) is 0 Å². The largest absolute Gasteiger partial charge is 0.352 e. The Bertz CT molecular complexity index is 886. The Morgan fingerprint density at radius 1 is 0.960 bits per heavy atom. The van der Waals surface area contributed by atoms with Crippen molar-refractivity contribution in [2.75, 3.05) is 36.0 Å². The van der Waals surface area contributed by atoms with Crippen molar-refractivity contribution in [2.45, 2.75) is 33.1 Å². The van der Waals surface area contributed by atoms with Gasteiger partial charge < -0.3 is 9.80 Å². The molecule has 1 aliphatic heterocycles. The highest BCUT2D eigenvalue weighted by Crippen LogP contribution is 2.32. The van der Waals surface area contributed by atoms with Crippen LogP contribution in [0.15, 0.2) is 12.4 Å². The van der Waals surface area contributed by atoms with Crippen LogP contribution in [0.4, 0.5) is 10.9 Å². The van der Waals surface area contributed by atoms with E-state index >= 15 is 0 Å². The van der Waals surface area contributed by atoms with Gasteiger partial charge in [0.1, 0.15) is 22.0 Å². The lowest BCUT2D eigenvalue weighted by molar-refractivity contribution is 0.577. The molecule has 0 aliphatic carbocycles. The van der Waals surface area contributed by atoms with Crippen molar-refractivity contribution in [1.82, 2.24) is 20.2 Å². The SMILES string of the molecule is Cc1cc2c(N3CCN(c4nnc(C(C)(C)C)s4)CC3)ncnc2s1. The molecule has 3 aromatic rings. The molecule has 1 saturated heterocycles. The molecule has 0 radical (unpaired) electrons. The molecule has 132 valence electrons. The van der Waals surface area contributed by atoms with E-state index in [1.54, 1.807) is 29.0 Å². The maximum Gasteiger partial charge on any atom is 0.208 e. The first kappa shape index (κ1) is 16.7. The summed E-state index contributed by atoms with van der Waals surface area (Å²) in [5.41, 5.74) is 0.0567. The lowest BCUT2D eigenvalue weighted by Gasteiger charge is -2.35. The van der Waals surface area contributed by atoms with Gasteiger partial charge in [-0.2, -0.15) is 0 Å².